The molecule has 0 aliphatic heterocycles. The molecular formula is C17H29FN2. The van der Waals surface area contributed by atoms with Gasteiger partial charge in [0.25, 0.3) is 0 Å². The summed E-state index contributed by atoms with van der Waals surface area (Å²) in [6, 6.07) is 5.76. The first-order chi connectivity index (χ1) is 9.33. The zero-order valence-electron chi connectivity index (χ0n) is 13.8. The lowest BCUT2D eigenvalue weighted by Gasteiger charge is -2.37. The minimum absolute atomic E-state index is 0.0472. The van der Waals surface area contributed by atoms with Crippen molar-refractivity contribution in [2.45, 2.75) is 59.0 Å². The van der Waals surface area contributed by atoms with Crippen molar-refractivity contribution in [3.05, 3.63) is 29.6 Å². The number of benzene rings is 1. The first-order valence-electron chi connectivity index (χ1n) is 7.60. The first-order valence-corrected chi connectivity index (χ1v) is 7.60. The molecule has 1 unspecified atom stereocenters. The van der Waals surface area contributed by atoms with Gasteiger partial charge in [-0.2, -0.15) is 0 Å². The molecule has 0 saturated carbocycles. The minimum Gasteiger partial charge on any atom is -0.367 e. The number of nitrogens with one attached hydrogen (secondary N) is 1. The highest BCUT2D eigenvalue weighted by Gasteiger charge is 2.23. The van der Waals surface area contributed by atoms with E-state index in [1.165, 1.54) is 0 Å². The average molecular weight is 280 g/mol. The number of nitrogens with zero attached hydrogens (tertiary/aromatic N) is 1. The van der Waals surface area contributed by atoms with Gasteiger partial charge in [0.1, 0.15) is 5.82 Å². The normalized spacial score (nSPS) is 13.3. The summed E-state index contributed by atoms with van der Waals surface area (Å²) in [7, 11) is 1.96. The van der Waals surface area contributed by atoms with E-state index < -0.39 is 0 Å². The van der Waals surface area contributed by atoms with Gasteiger partial charge in [0.2, 0.25) is 0 Å². The number of anilines is 1. The average Bonchev–Trinajstić information content (AvgIpc) is 2.43. The van der Waals surface area contributed by atoms with Crippen LogP contribution in [-0.2, 0) is 0 Å². The maximum Gasteiger partial charge on any atom is 0.146 e. The maximum absolute atomic E-state index is 14.4. The SMILES string of the molecule is CCCNC(C)c1ccc(N(C)C(C)(C)CC)c(F)c1. The lowest BCUT2D eigenvalue weighted by Crippen LogP contribution is -2.41. The Labute approximate surface area is 123 Å². The lowest BCUT2D eigenvalue weighted by molar-refractivity contribution is 0.462. The van der Waals surface area contributed by atoms with Gasteiger partial charge in [-0.25, -0.2) is 4.39 Å². The standard InChI is InChI=1S/C17H29FN2/c1-7-11-19-13(3)14-9-10-16(15(18)12-14)20(6)17(4,5)8-2/h9-10,12-13,19H,7-8,11H2,1-6H3. The Hall–Kier alpha value is -1.09. The van der Waals surface area contributed by atoms with Gasteiger partial charge in [0.05, 0.1) is 5.69 Å². The fourth-order valence-electron chi connectivity index (χ4n) is 2.11. The summed E-state index contributed by atoms with van der Waals surface area (Å²) in [6.45, 7) is 11.5. The highest BCUT2D eigenvalue weighted by atomic mass is 19.1. The van der Waals surface area contributed by atoms with E-state index in [9.17, 15) is 4.39 Å². The summed E-state index contributed by atoms with van der Waals surface area (Å²) in [6.07, 6.45) is 2.05. The molecule has 3 heteroatoms. The molecule has 0 radical (unpaired) electrons. The van der Waals surface area contributed by atoms with Gasteiger partial charge < -0.3 is 10.2 Å². The van der Waals surface area contributed by atoms with Crippen molar-refractivity contribution < 1.29 is 4.39 Å². The van der Waals surface area contributed by atoms with Crippen LogP contribution < -0.4 is 10.2 Å². The molecule has 114 valence electrons. The van der Waals surface area contributed by atoms with Crippen molar-refractivity contribution in [2.75, 3.05) is 18.5 Å². The fourth-order valence-corrected chi connectivity index (χ4v) is 2.11. The lowest BCUT2D eigenvalue weighted by atomic mass is 9.98. The Morgan fingerprint density at radius 3 is 2.45 bits per heavy atom. The Morgan fingerprint density at radius 1 is 1.30 bits per heavy atom. The molecular weight excluding hydrogens is 251 g/mol. The van der Waals surface area contributed by atoms with E-state index in [2.05, 4.69) is 39.9 Å². The molecule has 1 aromatic rings. The molecule has 0 bridgehead atoms. The van der Waals surface area contributed by atoms with E-state index in [1.54, 1.807) is 6.07 Å². The zero-order chi connectivity index (χ0) is 15.3. The minimum atomic E-state index is -0.142. The molecule has 0 aliphatic carbocycles. The highest BCUT2D eigenvalue weighted by Crippen LogP contribution is 2.29. The van der Waals surface area contributed by atoms with Crippen LogP contribution in [0.2, 0.25) is 0 Å². The van der Waals surface area contributed by atoms with E-state index >= 15 is 0 Å². The molecule has 0 amide bonds. The number of halogens is 1. The topological polar surface area (TPSA) is 15.3 Å². The van der Waals surface area contributed by atoms with Gasteiger partial charge >= 0.3 is 0 Å². The molecule has 20 heavy (non-hydrogen) atoms. The van der Waals surface area contributed by atoms with Gasteiger partial charge in [-0.1, -0.05) is 19.9 Å². The van der Waals surface area contributed by atoms with Crippen LogP contribution in [0.25, 0.3) is 0 Å². The molecule has 2 nitrogen and oxygen atoms in total. The Bertz CT molecular complexity index is 429. The molecule has 1 N–H and O–H groups in total. The zero-order valence-corrected chi connectivity index (χ0v) is 13.8. The monoisotopic (exact) mass is 280 g/mol. The molecule has 0 spiro atoms. The third-order valence-electron chi connectivity index (χ3n) is 4.31. The predicted octanol–water partition coefficient (Wildman–Crippen LogP) is 4.51. The summed E-state index contributed by atoms with van der Waals surface area (Å²) in [5.41, 5.74) is 1.62. The molecule has 0 saturated heterocycles. The summed E-state index contributed by atoms with van der Waals surface area (Å²) in [5, 5.41) is 3.39. The summed E-state index contributed by atoms with van der Waals surface area (Å²) >= 11 is 0. The summed E-state index contributed by atoms with van der Waals surface area (Å²) < 4.78 is 14.4. The van der Waals surface area contributed by atoms with Crippen LogP contribution in [0.1, 0.15) is 59.1 Å². The van der Waals surface area contributed by atoms with Gasteiger partial charge in [-0.05, 0) is 57.9 Å². The number of hydrogen-bond acceptors (Lipinski definition) is 2. The van der Waals surface area contributed by atoms with E-state index in [-0.39, 0.29) is 17.4 Å². The van der Waals surface area contributed by atoms with Gasteiger partial charge in [0, 0.05) is 18.6 Å². The van der Waals surface area contributed by atoms with Crippen molar-refractivity contribution in [2.24, 2.45) is 0 Å². The quantitative estimate of drug-likeness (QED) is 0.790. The second kappa shape index (κ2) is 7.07. The van der Waals surface area contributed by atoms with Crippen LogP contribution >= 0.6 is 0 Å². The van der Waals surface area contributed by atoms with Crippen molar-refractivity contribution in [1.82, 2.24) is 5.32 Å². The highest BCUT2D eigenvalue weighted by molar-refractivity contribution is 5.51. The molecule has 1 atom stereocenters. The molecule has 1 aromatic carbocycles. The first kappa shape index (κ1) is 17.0. The van der Waals surface area contributed by atoms with E-state index in [4.69, 9.17) is 0 Å². The number of rotatable bonds is 7. The van der Waals surface area contributed by atoms with Gasteiger partial charge in [0.15, 0.2) is 0 Å². The molecule has 0 aromatic heterocycles. The van der Waals surface area contributed by atoms with Crippen LogP contribution in [-0.4, -0.2) is 19.1 Å². The van der Waals surface area contributed by atoms with Gasteiger partial charge in [-0.3, -0.25) is 0 Å². The third-order valence-corrected chi connectivity index (χ3v) is 4.31. The van der Waals surface area contributed by atoms with Crippen LogP contribution in [0, 0.1) is 5.82 Å². The molecule has 0 fully saturated rings. The molecule has 0 heterocycles. The largest absolute Gasteiger partial charge is 0.367 e. The Morgan fingerprint density at radius 2 is 1.95 bits per heavy atom. The second-order valence-corrected chi connectivity index (χ2v) is 6.11. The van der Waals surface area contributed by atoms with E-state index in [0.29, 0.717) is 5.69 Å². The van der Waals surface area contributed by atoms with Gasteiger partial charge in [-0.15, -0.1) is 0 Å². The smallest absolute Gasteiger partial charge is 0.146 e. The third kappa shape index (κ3) is 3.95. The molecule has 0 aliphatic rings. The summed E-state index contributed by atoms with van der Waals surface area (Å²) in [5.74, 6) is -0.142. The maximum atomic E-state index is 14.4. The van der Waals surface area contributed by atoms with E-state index in [0.717, 1.165) is 24.9 Å². The molecule has 1 rings (SSSR count). The predicted molar refractivity (Wildman–Crippen MR) is 85.9 cm³/mol. The van der Waals surface area contributed by atoms with Crippen molar-refractivity contribution in [3.63, 3.8) is 0 Å². The Kier molecular flexibility index (Phi) is 6.00. The van der Waals surface area contributed by atoms with Crippen LogP contribution in [0.5, 0.6) is 0 Å². The fraction of sp³-hybridized carbons (Fsp3) is 0.647. The Balaban J connectivity index is 2.93. The number of hydrogen-bond donors (Lipinski definition) is 1. The van der Waals surface area contributed by atoms with Crippen molar-refractivity contribution >= 4 is 5.69 Å². The van der Waals surface area contributed by atoms with Crippen LogP contribution in [0.3, 0.4) is 0 Å². The summed E-state index contributed by atoms with van der Waals surface area (Å²) in [4.78, 5) is 2.02. The van der Waals surface area contributed by atoms with Crippen LogP contribution in [0.4, 0.5) is 10.1 Å². The van der Waals surface area contributed by atoms with Crippen molar-refractivity contribution in [3.8, 4) is 0 Å². The second-order valence-electron chi connectivity index (χ2n) is 6.11. The van der Waals surface area contributed by atoms with Crippen molar-refractivity contribution in [1.29, 1.82) is 0 Å². The van der Waals surface area contributed by atoms with E-state index in [1.807, 2.05) is 24.1 Å². The van der Waals surface area contributed by atoms with Crippen LogP contribution in [0.15, 0.2) is 18.2 Å².